The van der Waals surface area contributed by atoms with Crippen LogP contribution in [0.15, 0.2) is 18.2 Å². The van der Waals surface area contributed by atoms with E-state index >= 15 is 0 Å². The second-order valence-corrected chi connectivity index (χ2v) is 3.45. The highest BCUT2D eigenvalue weighted by Gasteiger charge is 2.20. The zero-order chi connectivity index (χ0) is 13.0. The van der Waals surface area contributed by atoms with Crippen molar-refractivity contribution in [2.45, 2.75) is 26.4 Å². The van der Waals surface area contributed by atoms with E-state index in [-0.39, 0.29) is 23.6 Å². The van der Waals surface area contributed by atoms with Crippen molar-refractivity contribution >= 4 is 11.5 Å². The molecule has 0 aromatic heterocycles. The van der Waals surface area contributed by atoms with Gasteiger partial charge in [-0.3, -0.25) is 14.9 Å². The maximum absolute atomic E-state index is 13.0. The summed E-state index contributed by atoms with van der Waals surface area (Å²) in [5.41, 5.74) is -0.359. The van der Waals surface area contributed by atoms with Gasteiger partial charge < -0.3 is 4.74 Å². The number of carbonyl (C=O) groups is 1. The number of Topliss-reactive ketones (excluding diaryl/α,β-unsaturated/α-hetero) is 1. The molecule has 0 N–H and O–H groups in total. The first-order valence-electron chi connectivity index (χ1n) is 5.09. The molecular formula is C11H12FNO4. The molecule has 1 rings (SSSR count). The van der Waals surface area contributed by atoms with Gasteiger partial charge in [-0.1, -0.05) is 6.92 Å². The van der Waals surface area contributed by atoms with E-state index in [9.17, 15) is 19.3 Å². The van der Waals surface area contributed by atoms with Crippen LogP contribution in [0.2, 0.25) is 0 Å². The molecule has 0 saturated heterocycles. The summed E-state index contributed by atoms with van der Waals surface area (Å²) in [6, 6.07) is 2.88. The van der Waals surface area contributed by atoms with Gasteiger partial charge in [-0.15, -0.1) is 0 Å². The third kappa shape index (κ3) is 3.24. The second kappa shape index (κ2) is 5.38. The fourth-order valence-corrected chi connectivity index (χ4v) is 1.28. The highest BCUT2D eigenvalue weighted by molar-refractivity contribution is 5.82. The number of nitrogens with zero attached hydrogens (tertiary/aromatic N) is 1. The Morgan fingerprint density at radius 1 is 1.59 bits per heavy atom. The standard InChI is InChI=1S/C11H12FNO4/c1-3-10(14)7(2)17-11-6-8(12)4-5-9(11)13(15)16/h4-7H,3H2,1-2H3. The highest BCUT2D eigenvalue weighted by atomic mass is 19.1. The lowest BCUT2D eigenvalue weighted by Crippen LogP contribution is -2.23. The quantitative estimate of drug-likeness (QED) is 0.586. The van der Waals surface area contributed by atoms with Crippen LogP contribution in [0.25, 0.3) is 0 Å². The first-order chi connectivity index (χ1) is 7.95. The predicted octanol–water partition coefficient (Wildman–Crippen LogP) is 2.48. The average Bonchev–Trinajstić information content (AvgIpc) is 2.27. The molecule has 1 atom stereocenters. The Morgan fingerprint density at radius 3 is 2.76 bits per heavy atom. The number of nitro benzene ring substituents is 1. The van der Waals surface area contributed by atoms with E-state index in [4.69, 9.17) is 4.74 Å². The van der Waals surface area contributed by atoms with E-state index in [1.165, 1.54) is 6.92 Å². The van der Waals surface area contributed by atoms with Gasteiger partial charge in [-0.05, 0) is 13.0 Å². The number of nitro groups is 1. The molecule has 0 aliphatic rings. The minimum atomic E-state index is -0.833. The first-order valence-corrected chi connectivity index (χ1v) is 5.09. The van der Waals surface area contributed by atoms with Crippen molar-refractivity contribution in [3.63, 3.8) is 0 Å². The van der Waals surface area contributed by atoms with Crippen LogP contribution in [-0.4, -0.2) is 16.8 Å². The van der Waals surface area contributed by atoms with Crippen molar-refractivity contribution < 1.29 is 18.8 Å². The van der Waals surface area contributed by atoms with Crippen LogP contribution in [0.4, 0.5) is 10.1 Å². The lowest BCUT2D eigenvalue weighted by Gasteiger charge is -2.12. The van der Waals surface area contributed by atoms with Crippen molar-refractivity contribution in [3.8, 4) is 5.75 Å². The maximum Gasteiger partial charge on any atom is 0.311 e. The smallest absolute Gasteiger partial charge is 0.311 e. The summed E-state index contributed by atoms with van der Waals surface area (Å²) >= 11 is 0. The highest BCUT2D eigenvalue weighted by Crippen LogP contribution is 2.28. The second-order valence-electron chi connectivity index (χ2n) is 3.45. The Balaban J connectivity index is 3.00. The van der Waals surface area contributed by atoms with Gasteiger partial charge in [0.05, 0.1) is 4.92 Å². The summed E-state index contributed by atoms with van der Waals surface area (Å²) in [6.45, 7) is 3.13. The summed E-state index contributed by atoms with van der Waals surface area (Å²) in [7, 11) is 0. The van der Waals surface area contributed by atoms with Crippen LogP contribution in [0.1, 0.15) is 20.3 Å². The minimum Gasteiger partial charge on any atom is -0.476 e. The third-order valence-electron chi connectivity index (χ3n) is 2.22. The molecular weight excluding hydrogens is 229 g/mol. The van der Waals surface area contributed by atoms with Gasteiger partial charge >= 0.3 is 5.69 Å². The van der Waals surface area contributed by atoms with Crippen LogP contribution in [0.5, 0.6) is 5.75 Å². The van der Waals surface area contributed by atoms with Crippen LogP contribution < -0.4 is 4.74 Å². The normalized spacial score (nSPS) is 11.9. The molecule has 0 aliphatic heterocycles. The molecule has 0 spiro atoms. The van der Waals surface area contributed by atoms with Crippen molar-refractivity contribution in [1.82, 2.24) is 0 Å². The molecule has 92 valence electrons. The molecule has 0 heterocycles. The monoisotopic (exact) mass is 241 g/mol. The summed E-state index contributed by atoms with van der Waals surface area (Å²) in [5, 5.41) is 10.7. The van der Waals surface area contributed by atoms with Crippen molar-refractivity contribution in [3.05, 3.63) is 34.1 Å². The number of rotatable bonds is 5. The maximum atomic E-state index is 13.0. The van der Waals surface area contributed by atoms with Gasteiger partial charge in [0.25, 0.3) is 0 Å². The Kier molecular flexibility index (Phi) is 4.14. The molecule has 0 aliphatic carbocycles. The Hall–Kier alpha value is -1.98. The van der Waals surface area contributed by atoms with E-state index < -0.39 is 16.8 Å². The van der Waals surface area contributed by atoms with Gasteiger partial charge in [0.2, 0.25) is 5.75 Å². The summed E-state index contributed by atoms with van der Waals surface area (Å²) in [6.07, 6.45) is -0.579. The zero-order valence-electron chi connectivity index (χ0n) is 9.47. The van der Waals surface area contributed by atoms with Crippen LogP contribution in [-0.2, 0) is 4.79 Å². The third-order valence-corrected chi connectivity index (χ3v) is 2.22. The molecule has 1 unspecified atom stereocenters. The van der Waals surface area contributed by atoms with Crippen molar-refractivity contribution in [2.24, 2.45) is 0 Å². The Labute approximate surface area is 97.3 Å². The van der Waals surface area contributed by atoms with Crippen molar-refractivity contribution in [1.29, 1.82) is 0 Å². The first kappa shape index (κ1) is 13.1. The lowest BCUT2D eigenvalue weighted by molar-refractivity contribution is -0.386. The zero-order valence-corrected chi connectivity index (χ0v) is 9.47. The molecule has 5 nitrogen and oxygen atoms in total. The van der Waals surface area contributed by atoms with E-state index in [0.29, 0.717) is 0 Å². The summed E-state index contributed by atoms with van der Waals surface area (Å²) < 4.78 is 18.1. The van der Waals surface area contributed by atoms with Crippen LogP contribution in [0.3, 0.4) is 0 Å². The van der Waals surface area contributed by atoms with Gasteiger partial charge in [-0.25, -0.2) is 4.39 Å². The molecule has 0 radical (unpaired) electrons. The molecule has 17 heavy (non-hydrogen) atoms. The number of ketones is 1. The fourth-order valence-electron chi connectivity index (χ4n) is 1.28. The number of hydrogen-bond donors (Lipinski definition) is 0. The molecule has 1 aromatic rings. The molecule has 0 saturated carbocycles. The topological polar surface area (TPSA) is 69.4 Å². The fraction of sp³-hybridized carbons (Fsp3) is 0.364. The molecule has 6 heteroatoms. The van der Waals surface area contributed by atoms with Crippen molar-refractivity contribution in [2.75, 3.05) is 0 Å². The van der Waals surface area contributed by atoms with E-state index in [1.54, 1.807) is 6.92 Å². The molecule has 0 amide bonds. The molecule has 0 bridgehead atoms. The Bertz CT molecular complexity index is 447. The number of carbonyl (C=O) groups excluding carboxylic acids is 1. The van der Waals surface area contributed by atoms with Gasteiger partial charge in [0.1, 0.15) is 5.82 Å². The number of ether oxygens (including phenoxy) is 1. The Morgan fingerprint density at radius 2 is 2.24 bits per heavy atom. The van der Waals surface area contributed by atoms with Gasteiger partial charge in [0.15, 0.2) is 11.9 Å². The van der Waals surface area contributed by atoms with E-state index in [0.717, 1.165) is 18.2 Å². The minimum absolute atomic E-state index is 0.205. The predicted molar refractivity (Wildman–Crippen MR) is 58.4 cm³/mol. The molecule has 1 aromatic carbocycles. The summed E-state index contributed by atoms with van der Waals surface area (Å²) in [5.74, 6) is -1.09. The average molecular weight is 241 g/mol. The number of halogens is 1. The SMILES string of the molecule is CCC(=O)C(C)Oc1cc(F)ccc1[N+](=O)[O-]. The van der Waals surface area contributed by atoms with E-state index in [2.05, 4.69) is 0 Å². The molecule has 0 fully saturated rings. The summed E-state index contributed by atoms with van der Waals surface area (Å²) in [4.78, 5) is 21.3. The lowest BCUT2D eigenvalue weighted by atomic mass is 10.2. The largest absolute Gasteiger partial charge is 0.476 e. The van der Waals surface area contributed by atoms with Gasteiger partial charge in [0, 0.05) is 18.6 Å². The van der Waals surface area contributed by atoms with E-state index in [1.807, 2.05) is 0 Å². The number of hydrogen-bond acceptors (Lipinski definition) is 4. The van der Waals surface area contributed by atoms with Gasteiger partial charge in [-0.2, -0.15) is 0 Å². The van der Waals surface area contributed by atoms with Crippen LogP contribution >= 0.6 is 0 Å². The van der Waals surface area contributed by atoms with Crippen LogP contribution in [0, 0.1) is 15.9 Å². The number of benzene rings is 1.